The fourth-order valence-corrected chi connectivity index (χ4v) is 8.80. The molecule has 6 rings (SSSR count). The summed E-state index contributed by atoms with van der Waals surface area (Å²) >= 11 is 0. The maximum absolute atomic E-state index is 14.1. The lowest BCUT2D eigenvalue weighted by Gasteiger charge is -2.42. The van der Waals surface area contributed by atoms with Crippen LogP contribution >= 0.6 is 0 Å². The van der Waals surface area contributed by atoms with Gasteiger partial charge in [-0.1, -0.05) is 69.2 Å². The van der Waals surface area contributed by atoms with Gasteiger partial charge in [-0.05, 0) is 36.8 Å². The van der Waals surface area contributed by atoms with Gasteiger partial charge in [-0.2, -0.15) is 36.3 Å². The van der Waals surface area contributed by atoms with Crippen LogP contribution in [0.25, 0.3) is 0 Å². The van der Waals surface area contributed by atoms with Gasteiger partial charge >= 0.3 is 35.7 Å². The van der Waals surface area contributed by atoms with Gasteiger partial charge in [0.15, 0.2) is 0 Å². The summed E-state index contributed by atoms with van der Waals surface area (Å²) in [6, 6.07) is 5.40. The van der Waals surface area contributed by atoms with E-state index in [2.05, 4.69) is 29.9 Å². The summed E-state index contributed by atoms with van der Waals surface area (Å²) in [5, 5.41) is 0. The van der Waals surface area contributed by atoms with Crippen LogP contribution in [0.2, 0.25) is 0 Å². The second kappa shape index (κ2) is 23.5. The summed E-state index contributed by atoms with van der Waals surface area (Å²) in [5.74, 6) is -1.43. The average Bonchev–Trinajstić information content (AvgIpc) is 3.33. The van der Waals surface area contributed by atoms with Crippen LogP contribution in [0.5, 0.6) is 0 Å². The van der Waals surface area contributed by atoms with Crippen molar-refractivity contribution in [3.63, 3.8) is 0 Å². The lowest BCUT2D eigenvalue weighted by Crippen LogP contribution is -2.61. The number of quaternary nitrogens is 2. The number of hydrogen-bond donors (Lipinski definition) is 0. The van der Waals surface area contributed by atoms with Crippen LogP contribution in [0.1, 0.15) is 141 Å². The second-order valence-electron chi connectivity index (χ2n) is 22.3. The van der Waals surface area contributed by atoms with E-state index in [1.54, 1.807) is 75.9 Å². The maximum atomic E-state index is 14.1. The molecule has 24 heteroatoms. The Kier molecular flexibility index (Phi) is 18.2. The molecule has 0 bridgehead atoms. The molecule has 4 aromatic heterocycles. The van der Waals surface area contributed by atoms with Crippen molar-refractivity contribution < 1.29 is 54.9 Å². The first-order chi connectivity index (χ1) is 35.3. The van der Waals surface area contributed by atoms with Crippen molar-refractivity contribution in [3.05, 3.63) is 104 Å². The highest BCUT2D eigenvalue weighted by molar-refractivity contribution is 5.91. The zero-order valence-corrected chi connectivity index (χ0v) is 45.2. The van der Waals surface area contributed by atoms with Gasteiger partial charge in [0.25, 0.3) is 0 Å². The summed E-state index contributed by atoms with van der Waals surface area (Å²) in [6.45, 7) is 20.4. The zero-order valence-electron chi connectivity index (χ0n) is 45.2. The monoisotopic (exact) mass is 1070 g/mol. The van der Waals surface area contributed by atoms with E-state index in [4.69, 9.17) is 9.68 Å². The largest absolute Gasteiger partial charge is 0.433 e. The minimum absolute atomic E-state index is 0.0194. The van der Waals surface area contributed by atoms with Crippen LogP contribution in [-0.2, 0) is 55.5 Å². The summed E-state index contributed by atoms with van der Waals surface area (Å²) in [4.78, 5) is 93.8. The Bertz CT molecular complexity index is 2570. The molecule has 0 radical (unpaired) electrons. The minimum Gasteiger partial charge on any atom is -0.345 e. The first kappa shape index (κ1) is 59.0. The van der Waals surface area contributed by atoms with E-state index < -0.39 is 57.9 Å². The van der Waals surface area contributed by atoms with Crippen molar-refractivity contribution in [1.29, 1.82) is 0 Å². The van der Waals surface area contributed by atoms with Gasteiger partial charge < -0.3 is 9.80 Å². The first-order valence-corrected chi connectivity index (χ1v) is 25.8. The van der Waals surface area contributed by atoms with Crippen LogP contribution < -0.4 is 21.2 Å². The van der Waals surface area contributed by atoms with Gasteiger partial charge in [0, 0.05) is 73.4 Å². The molecule has 2 aliphatic rings. The second-order valence-corrected chi connectivity index (χ2v) is 22.3. The number of rotatable bonds is 18. The number of alkyl halides is 6. The number of unbranched alkanes of at least 4 members (excludes halogenated alkanes) is 2. The molecule has 6 heterocycles. The molecule has 2 saturated heterocycles. The van der Waals surface area contributed by atoms with Crippen LogP contribution in [-0.4, -0.2) is 126 Å². The highest BCUT2D eigenvalue weighted by Crippen LogP contribution is 2.35. The number of anilines is 2. The molecule has 0 atom stereocenters. The standard InChI is InChI=1S/C52H72F6N12O6/c1-35(2)37-17-21-67(47(73)59-37)19-11-13-27-69(29-23-65(24-30-69)41-33-39(51(53,54)55)61-45(63-41)49(5,6)7)75-43(71)15-16-44(72)76-70(28-14-12-20-68-22-18-38(36(3)4)60-48(68)74)31-25-66(26-32-70)42-34-40(52(56,57)58)62-46(64-42)50(8,9)10/h15-18,21-22,33-36H,11-14,19-20,23-32H2,1-10H3/q+2/b16-15+. The van der Waals surface area contributed by atoms with Crippen molar-refractivity contribution >= 4 is 23.6 Å². The topological polar surface area (TPSA) is 180 Å². The highest BCUT2D eigenvalue weighted by atomic mass is 19.4. The molecule has 416 valence electrons. The lowest BCUT2D eigenvalue weighted by molar-refractivity contribution is -1.09. The fraction of sp³-hybridized carbons (Fsp3) is 0.615. The van der Waals surface area contributed by atoms with E-state index in [9.17, 15) is 45.5 Å². The highest BCUT2D eigenvalue weighted by Gasteiger charge is 2.42. The maximum Gasteiger partial charge on any atom is 0.433 e. The Labute approximate surface area is 438 Å². The number of nitrogens with zero attached hydrogens (tertiary/aromatic N) is 12. The molecule has 18 nitrogen and oxygen atoms in total. The van der Waals surface area contributed by atoms with E-state index in [0.717, 1.165) is 24.3 Å². The number of hydroxylamine groups is 6. The number of halogens is 6. The number of carbonyl (C=O) groups excluding carboxylic acids is 2. The van der Waals surface area contributed by atoms with Gasteiger partial charge in [-0.15, -0.1) is 9.29 Å². The number of aromatic nitrogens is 8. The number of aryl methyl sites for hydroxylation is 2. The molecule has 0 aromatic carbocycles. The Hall–Kier alpha value is -6.30. The minimum atomic E-state index is -4.72. The van der Waals surface area contributed by atoms with Crippen molar-refractivity contribution in [1.82, 2.24) is 39.0 Å². The van der Waals surface area contributed by atoms with Crippen LogP contribution in [0.4, 0.5) is 38.0 Å². The lowest BCUT2D eigenvalue weighted by atomic mass is 9.95. The summed E-state index contributed by atoms with van der Waals surface area (Å²) < 4.78 is 87.0. The van der Waals surface area contributed by atoms with E-state index in [1.165, 1.54) is 9.13 Å². The van der Waals surface area contributed by atoms with Gasteiger partial charge in [0.05, 0.1) is 37.6 Å². The van der Waals surface area contributed by atoms with Crippen molar-refractivity contribution in [3.8, 4) is 0 Å². The predicted octanol–water partition coefficient (Wildman–Crippen LogP) is 7.67. The number of piperazine rings is 2. The molecule has 0 unspecified atom stereocenters. The molecule has 0 spiro atoms. The van der Waals surface area contributed by atoms with Crippen molar-refractivity contribution in [2.75, 3.05) is 75.2 Å². The van der Waals surface area contributed by atoms with Gasteiger partial charge in [0.2, 0.25) is 0 Å². The van der Waals surface area contributed by atoms with Crippen LogP contribution in [0.3, 0.4) is 0 Å². The Morgan fingerprint density at radius 1 is 0.566 bits per heavy atom. The molecule has 0 saturated carbocycles. The van der Waals surface area contributed by atoms with Crippen molar-refractivity contribution in [2.24, 2.45) is 0 Å². The van der Waals surface area contributed by atoms with Crippen molar-refractivity contribution in [2.45, 2.75) is 143 Å². The molecule has 0 N–H and O–H groups in total. The quantitative estimate of drug-likeness (QED) is 0.0410. The first-order valence-electron chi connectivity index (χ1n) is 25.8. The predicted molar refractivity (Wildman–Crippen MR) is 271 cm³/mol. The SMILES string of the molecule is CC(C)c1ccn(CCCC[N+]2(OC(=O)/C=C/C(=O)O[N+]3(CCCCn4ccc(C(C)C)nc4=O)CCN(c4cc(C(F)(F)F)nc(C(C)(C)C)n4)CC3)CCN(c3cc(C(F)(F)F)nc(C(C)(C)C)n3)CC2)c(=O)n1. The van der Waals surface area contributed by atoms with Crippen LogP contribution in [0.15, 0.2) is 58.4 Å². The van der Waals surface area contributed by atoms with E-state index in [-0.39, 0.29) is 110 Å². The molecule has 0 amide bonds. The molecular formula is C52H72F6N12O6+2. The summed E-state index contributed by atoms with van der Waals surface area (Å²) in [7, 11) is 0. The average molecular weight is 1080 g/mol. The van der Waals surface area contributed by atoms with E-state index in [0.29, 0.717) is 50.2 Å². The van der Waals surface area contributed by atoms with Gasteiger partial charge in [-0.3, -0.25) is 18.8 Å². The molecule has 2 fully saturated rings. The summed E-state index contributed by atoms with van der Waals surface area (Å²) in [5.41, 5.74) is -3.18. The van der Waals surface area contributed by atoms with Gasteiger partial charge in [-0.25, -0.2) is 39.1 Å². The molecular weight excluding hydrogens is 1000 g/mol. The van der Waals surface area contributed by atoms with E-state index in [1.807, 2.05) is 27.7 Å². The summed E-state index contributed by atoms with van der Waals surface area (Å²) in [6.07, 6.45) is -2.25. The molecule has 2 aliphatic heterocycles. The third-order valence-electron chi connectivity index (χ3n) is 13.4. The third-order valence-corrected chi connectivity index (χ3v) is 13.4. The Morgan fingerprint density at radius 3 is 1.20 bits per heavy atom. The fourth-order valence-electron chi connectivity index (χ4n) is 8.80. The zero-order chi connectivity index (χ0) is 56.0. The molecule has 76 heavy (non-hydrogen) atoms. The van der Waals surface area contributed by atoms with Gasteiger partial charge in [0.1, 0.15) is 73.9 Å². The van der Waals surface area contributed by atoms with E-state index >= 15 is 0 Å². The number of hydrogen-bond acceptors (Lipinski definition) is 14. The third kappa shape index (κ3) is 15.7. The molecule has 0 aliphatic carbocycles. The Balaban J connectivity index is 1.19. The molecule has 4 aromatic rings. The number of carbonyl (C=O) groups is 2. The smallest absolute Gasteiger partial charge is 0.345 e. The normalized spacial score (nSPS) is 16.4. The Morgan fingerprint density at radius 2 is 0.908 bits per heavy atom. The van der Waals surface area contributed by atoms with Crippen LogP contribution in [0, 0.1) is 0 Å².